The fourth-order valence-corrected chi connectivity index (χ4v) is 3.42. The summed E-state index contributed by atoms with van der Waals surface area (Å²) in [5.41, 5.74) is -0.601. The molecule has 30 heavy (non-hydrogen) atoms. The molecule has 2 heterocycles. The molecule has 1 saturated heterocycles. The smallest absolute Gasteiger partial charge is 0.419 e. The van der Waals surface area contributed by atoms with Gasteiger partial charge in [-0.05, 0) is 50.4 Å². The molecule has 1 aliphatic heterocycles. The minimum atomic E-state index is -4.55. The Balaban J connectivity index is 1.66. The fraction of sp³-hybridized carbons (Fsp3) is 0.545. The Morgan fingerprint density at radius 2 is 2.10 bits per heavy atom. The minimum Gasteiger partial charge on any atom is -0.489 e. The summed E-state index contributed by atoms with van der Waals surface area (Å²) in [4.78, 5) is 4.27. The van der Waals surface area contributed by atoms with Crippen molar-refractivity contribution in [1.82, 2.24) is 15.5 Å². The van der Waals surface area contributed by atoms with Gasteiger partial charge in [0.2, 0.25) is 11.7 Å². The van der Waals surface area contributed by atoms with Gasteiger partial charge >= 0.3 is 6.18 Å². The maximum atomic E-state index is 13.6. The summed E-state index contributed by atoms with van der Waals surface area (Å²) >= 11 is 0. The zero-order chi connectivity index (χ0) is 21.4. The average molecular weight is 423 g/mol. The van der Waals surface area contributed by atoms with Crippen LogP contribution < -0.4 is 10.1 Å². The Hall–Kier alpha value is -2.35. The van der Waals surface area contributed by atoms with Crippen molar-refractivity contribution in [2.75, 3.05) is 13.2 Å². The number of allylic oxidation sites excluding steroid dienone is 1. The Labute approximate surface area is 174 Å². The van der Waals surface area contributed by atoms with Gasteiger partial charge in [-0.15, -0.1) is 0 Å². The number of unbranched alkanes of at least 4 members (excludes halogenated alkanes) is 4. The normalized spacial score (nSPS) is 17.1. The van der Waals surface area contributed by atoms with Crippen LogP contribution in [0.3, 0.4) is 0 Å². The molecule has 0 aliphatic carbocycles. The monoisotopic (exact) mass is 423 g/mol. The van der Waals surface area contributed by atoms with Crippen LogP contribution in [0.4, 0.5) is 13.2 Å². The molecule has 8 heteroatoms. The van der Waals surface area contributed by atoms with Crippen molar-refractivity contribution in [3.8, 4) is 17.1 Å². The number of rotatable bonds is 10. The third kappa shape index (κ3) is 6.08. The van der Waals surface area contributed by atoms with E-state index in [9.17, 15) is 13.2 Å². The second-order valence-electron chi connectivity index (χ2n) is 7.45. The Bertz CT molecular complexity index is 827. The molecule has 0 spiro atoms. The van der Waals surface area contributed by atoms with E-state index >= 15 is 0 Å². The molecular weight excluding hydrogens is 395 g/mol. The Morgan fingerprint density at radius 1 is 1.23 bits per heavy atom. The van der Waals surface area contributed by atoms with Crippen LogP contribution in [0, 0.1) is 0 Å². The van der Waals surface area contributed by atoms with Gasteiger partial charge in [-0.1, -0.05) is 43.5 Å². The van der Waals surface area contributed by atoms with Crippen molar-refractivity contribution in [2.24, 2.45) is 0 Å². The van der Waals surface area contributed by atoms with E-state index in [1.54, 1.807) is 6.08 Å². The number of alkyl halides is 3. The van der Waals surface area contributed by atoms with Crippen molar-refractivity contribution in [3.63, 3.8) is 0 Å². The predicted molar refractivity (Wildman–Crippen MR) is 108 cm³/mol. The van der Waals surface area contributed by atoms with E-state index in [1.165, 1.54) is 25.0 Å². The molecule has 0 radical (unpaired) electrons. The first-order chi connectivity index (χ1) is 14.5. The zero-order valence-corrected chi connectivity index (χ0v) is 17.2. The van der Waals surface area contributed by atoms with Gasteiger partial charge in [0.1, 0.15) is 12.4 Å². The number of ether oxygens (including phenoxy) is 1. The van der Waals surface area contributed by atoms with Crippen molar-refractivity contribution in [3.05, 3.63) is 41.8 Å². The zero-order valence-electron chi connectivity index (χ0n) is 17.2. The molecule has 1 aromatic carbocycles. The Kier molecular flexibility index (Phi) is 7.90. The third-order valence-corrected chi connectivity index (χ3v) is 5.07. The van der Waals surface area contributed by atoms with E-state index in [0.29, 0.717) is 5.89 Å². The lowest BCUT2D eigenvalue weighted by Gasteiger charge is -2.14. The van der Waals surface area contributed by atoms with E-state index in [-0.39, 0.29) is 29.8 Å². The number of halogens is 3. The van der Waals surface area contributed by atoms with Gasteiger partial charge in [-0.25, -0.2) is 0 Å². The highest BCUT2D eigenvalue weighted by atomic mass is 19.4. The van der Waals surface area contributed by atoms with Crippen LogP contribution in [0.1, 0.15) is 69.4 Å². The summed E-state index contributed by atoms with van der Waals surface area (Å²) in [7, 11) is 0. The first-order valence-corrected chi connectivity index (χ1v) is 10.6. The number of nitrogens with zero attached hydrogens (tertiary/aromatic N) is 2. The van der Waals surface area contributed by atoms with Gasteiger partial charge in [0.05, 0.1) is 11.6 Å². The van der Waals surface area contributed by atoms with Crippen LogP contribution in [0.15, 0.2) is 34.9 Å². The van der Waals surface area contributed by atoms with Gasteiger partial charge < -0.3 is 14.6 Å². The summed E-state index contributed by atoms with van der Waals surface area (Å²) < 4.78 is 51.3. The second kappa shape index (κ2) is 10.6. The molecule has 1 N–H and O–H groups in total. The van der Waals surface area contributed by atoms with Gasteiger partial charge in [0, 0.05) is 5.56 Å². The fourth-order valence-electron chi connectivity index (χ4n) is 3.42. The molecule has 0 saturated carbocycles. The molecule has 0 bridgehead atoms. The van der Waals surface area contributed by atoms with Crippen molar-refractivity contribution in [2.45, 2.75) is 64.1 Å². The maximum absolute atomic E-state index is 13.6. The van der Waals surface area contributed by atoms with Crippen molar-refractivity contribution < 1.29 is 22.4 Å². The lowest BCUT2D eigenvalue weighted by atomic mass is 10.1. The summed E-state index contributed by atoms with van der Waals surface area (Å²) in [5.74, 6) is 0.339. The standard InChI is InChI=1S/C22H28F3N3O2/c1-2-3-4-5-6-7-8-14-29-19-12-11-16(15-17(19)22(23,24)25)20-27-21(30-28-20)18-10-9-13-26-18/h7-8,11-12,15,18,26H,2-6,9-10,13-14H2,1H3/b8-7+/t18-/m0/s1. The summed E-state index contributed by atoms with van der Waals surface area (Å²) in [5, 5.41) is 7.08. The van der Waals surface area contributed by atoms with E-state index < -0.39 is 11.7 Å². The SMILES string of the molecule is CCCCCC/C=C/COc1ccc(-c2noc([C@@H]3CCCN3)n2)cc1C(F)(F)F. The first-order valence-electron chi connectivity index (χ1n) is 10.6. The van der Waals surface area contributed by atoms with Gasteiger partial charge in [-0.3, -0.25) is 0 Å². The Morgan fingerprint density at radius 3 is 2.83 bits per heavy atom. The minimum absolute atomic E-state index is 0.0373. The molecule has 0 amide bonds. The molecule has 5 nitrogen and oxygen atoms in total. The topological polar surface area (TPSA) is 60.2 Å². The lowest BCUT2D eigenvalue weighted by molar-refractivity contribution is -0.138. The largest absolute Gasteiger partial charge is 0.489 e. The van der Waals surface area contributed by atoms with E-state index in [0.717, 1.165) is 44.7 Å². The van der Waals surface area contributed by atoms with Gasteiger partial charge in [0.15, 0.2) is 0 Å². The second-order valence-corrected chi connectivity index (χ2v) is 7.45. The average Bonchev–Trinajstić information content (AvgIpc) is 3.41. The van der Waals surface area contributed by atoms with E-state index in [4.69, 9.17) is 9.26 Å². The summed E-state index contributed by atoms with van der Waals surface area (Å²) in [6, 6.07) is 3.82. The molecule has 164 valence electrons. The van der Waals surface area contributed by atoms with Crippen LogP contribution in [0.5, 0.6) is 5.75 Å². The molecule has 1 atom stereocenters. The van der Waals surface area contributed by atoms with Crippen molar-refractivity contribution in [1.29, 1.82) is 0 Å². The highest BCUT2D eigenvalue weighted by Crippen LogP contribution is 2.38. The quantitative estimate of drug-likeness (QED) is 0.370. The molecular formula is C22H28F3N3O2. The molecule has 0 unspecified atom stereocenters. The van der Waals surface area contributed by atoms with Crippen LogP contribution in [0.2, 0.25) is 0 Å². The number of hydrogen-bond donors (Lipinski definition) is 1. The highest BCUT2D eigenvalue weighted by Gasteiger charge is 2.35. The molecule has 1 fully saturated rings. The van der Waals surface area contributed by atoms with Gasteiger partial charge in [0.25, 0.3) is 0 Å². The number of benzene rings is 1. The molecule has 1 aliphatic rings. The number of nitrogens with one attached hydrogen (secondary N) is 1. The van der Waals surface area contributed by atoms with Crippen LogP contribution in [0.25, 0.3) is 11.4 Å². The third-order valence-electron chi connectivity index (χ3n) is 5.07. The van der Waals surface area contributed by atoms with E-state index in [2.05, 4.69) is 22.4 Å². The van der Waals surface area contributed by atoms with Crippen LogP contribution in [-0.4, -0.2) is 23.3 Å². The molecule has 1 aromatic heterocycles. The molecule has 2 aromatic rings. The van der Waals surface area contributed by atoms with Crippen LogP contribution in [-0.2, 0) is 6.18 Å². The predicted octanol–water partition coefficient (Wildman–Crippen LogP) is 6.09. The van der Waals surface area contributed by atoms with E-state index in [1.807, 2.05) is 6.08 Å². The maximum Gasteiger partial charge on any atom is 0.419 e. The number of aromatic nitrogens is 2. The first kappa shape index (κ1) is 22.3. The summed E-state index contributed by atoms with van der Waals surface area (Å²) in [6.07, 6.45) is 6.56. The number of hydrogen-bond acceptors (Lipinski definition) is 5. The van der Waals surface area contributed by atoms with Crippen LogP contribution >= 0.6 is 0 Å². The highest BCUT2D eigenvalue weighted by molar-refractivity contribution is 5.59. The van der Waals surface area contributed by atoms with Gasteiger partial charge in [-0.2, -0.15) is 18.2 Å². The lowest BCUT2D eigenvalue weighted by Crippen LogP contribution is -2.13. The summed E-state index contributed by atoms with van der Waals surface area (Å²) in [6.45, 7) is 3.10. The molecule has 3 rings (SSSR count). The van der Waals surface area contributed by atoms with Crippen molar-refractivity contribution >= 4 is 0 Å².